The summed E-state index contributed by atoms with van der Waals surface area (Å²) in [6, 6.07) is 0. The second-order valence-corrected chi connectivity index (χ2v) is 6.41. The van der Waals surface area contributed by atoms with Crippen molar-refractivity contribution in [1.82, 2.24) is 10.2 Å². The topological polar surface area (TPSA) is 27.6 Å². The Bertz CT molecular complexity index is 279. The zero-order valence-corrected chi connectivity index (χ0v) is 15.0. The fourth-order valence-corrected chi connectivity index (χ4v) is 3.17. The summed E-state index contributed by atoms with van der Waals surface area (Å²) in [6.45, 7) is 8.10. The molecule has 2 atom stereocenters. The Balaban J connectivity index is 0.00000180. The van der Waals surface area contributed by atoms with Crippen LogP contribution in [0.2, 0.25) is 0 Å². The van der Waals surface area contributed by atoms with Gasteiger partial charge in [-0.2, -0.15) is 0 Å². The van der Waals surface area contributed by atoms with Crippen molar-refractivity contribution in [3.63, 3.8) is 0 Å². The van der Waals surface area contributed by atoms with Crippen LogP contribution in [0, 0.1) is 17.8 Å². The van der Waals surface area contributed by atoms with Gasteiger partial charge >= 0.3 is 0 Å². The van der Waals surface area contributed by atoms with Crippen molar-refractivity contribution in [3.8, 4) is 0 Å². The molecule has 1 saturated carbocycles. The van der Waals surface area contributed by atoms with E-state index in [1.165, 1.54) is 32.1 Å². The number of aliphatic imine (C=N–C) groups is 1. The van der Waals surface area contributed by atoms with Crippen molar-refractivity contribution in [2.75, 3.05) is 26.7 Å². The lowest BCUT2D eigenvalue weighted by Crippen LogP contribution is -2.48. The summed E-state index contributed by atoms with van der Waals surface area (Å²) in [5.41, 5.74) is 0. The molecular formula is C15H30IN3. The molecule has 0 aromatic carbocycles. The minimum Gasteiger partial charge on any atom is -0.356 e. The average Bonchev–Trinajstić information content (AvgIpc) is 3.11. The Morgan fingerprint density at radius 2 is 1.84 bits per heavy atom. The standard InChI is InChI=1S/C15H29N3.HI/c1-12-9-13(2)11-18(10-12)15(16-3)17-8-4-5-14-6-7-14;/h12-14H,4-11H2,1-3H3,(H,16,17);1H. The molecule has 112 valence electrons. The van der Waals surface area contributed by atoms with Gasteiger partial charge < -0.3 is 10.2 Å². The van der Waals surface area contributed by atoms with E-state index in [2.05, 4.69) is 29.1 Å². The molecule has 0 aromatic heterocycles. The van der Waals surface area contributed by atoms with E-state index in [9.17, 15) is 0 Å². The van der Waals surface area contributed by atoms with Crippen molar-refractivity contribution in [2.45, 2.75) is 46.0 Å². The first-order valence-electron chi connectivity index (χ1n) is 7.64. The number of hydrogen-bond acceptors (Lipinski definition) is 1. The molecule has 3 nitrogen and oxygen atoms in total. The van der Waals surface area contributed by atoms with E-state index in [-0.39, 0.29) is 24.0 Å². The van der Waals surface area contributed by atoms with Crippen LogP contribution in [-0.2, 0) is 0 Å². The molecule has 0 bridgehead atoms. The van der Waals surface area contributed by atoms with Crippen molar-refractivity contribution >= 4 is 29.9 Å². The monoisotopic (exact) mass is 379 g/mol. The predicted molar refractivity (Wildman–Crippen MR) is 93.3 cm³/mol. The predicted octanol–water partition coefficient (Wildman–Crippen LogP) is 3.35. The normalized spacial score (nSPS) is 27.9. The number of likely N-dealkylation sites (tertiary alicyclic amines) is 1. The fraction of sp³-hybridized carbons (Fsp3) is 0.933. The first-order valence-corrected chi connectivity index (χ1v) is 7.64. The summed E-state index contributed by atoms with van der Waals surface area (Å²) in [4.78, 5) is 6.88. The Kier molecular flexibility index (Phi) is 7.47. The molecule has 1 heterocycles. The van der Waals surface area contributed by atoms with Gasteiger partial charge in [-0.15, -0.1) is 24.0 Å². The van der Waals surface area contributed by atoms with Gasteiger partial charge in [-0.25, -0.2) is 0 Å². The number of nitrogens with one attached hydrogen (secondary N) is 1. The molecule has 2 aliphatic rings. The van der Waals surface area contributed by atoms with Gasteiger partial charge in [0.25, 0.3) is 0 Å². The second-order valence-electron chi connectivity index (χ2n) is 6.41. The third-order valence-electron chi connectivity index (χ3n) is 4.15. The van der Waals surface area contributed by atoms with Gasteiger partial charge in [-0.1, -0.05) is 26.7 Å². The Morgan fingerprint density at radius 3 is 2.37 bits per heavy atom. The summed E-state index contributed by atoms with van der Waals surface area (Å²) in [5, 5.41) is 3.54. The van der Waals surface area contributed by atoms with Crippen LogP contribution in [0.1, 0.15) is 46.0 Å². The molecular weight excluding hydrogens is 349 g/mol. The Hall–Kier alpha value is 0. The van der Waals surface area contributed by atoms with Crippen molar-refractivity contribution in [2.24, 2.45) is 22.7 Å². The summed E-state index contributed by atoms with van der Waals surface area (Å²) in [6.07, 6.45) is 6.99. The average molecular weight is 379 g/mol. The van der Waals surface area contributed by atoms with E-state index < -0.39 is 0 Å². The van der Waals surface area contributed by atoms with Crippen molar-refractivity contribution in [3.05, 3.63) is 0 Å². The Labute approximate surface area is 135 Å². The maximum absolute atomic E-state index is 4.44. The van der Waals surface area contributed by atoms with Gasteiger partial charge in [0.15, 0.2) is 5.96 Å². The lowest BCUT2D eigenvalue weighted by molar-refractivity contribution is 0.208. The molecule has 19 heavy (non-hydrogen) atoms. The zero-order chi connectivity index (χ0) is 13.0. The lowest BCUT2D eigenvalue weighted by Gasteiger charge is -2.37. The summed E-state index contributed by atoms with van der Waals surface area (Å²) in [5.74, 6) is 3.74. The molecule has 1 saturated heterocycles. The minimum atomic E-state index is 0. The van der Waals surface area contributed by atoms with Crippen LogP contribution in [0.3, 0.4) is 0 Å². The highest BCUT2D eigenvalue weighted by atomic mass is 127. The number of halogens is 1. The second kappa shape index (κ2) is 8.32. The highest BCUT2D eigenvalue weighted by Crippen LogP contribution is 2.33. The number of hydrogen-bond donors (Lipinski definition) is 1. The molecule has 2 fully saturated rings. The van der Waals surface area contributed by atoms with Crippen LogP contribution in [0.5, 0.6) is 0 Å². The SMILES string of the molecule is CN=C(NCCCC1CC1)N1CC(C)CC(C)C1.I. The molecule has 1 aliphatic heterocycles. The molecule has 2 unspecified atom stereocenters. The first kappa shape index (κ1) is 17.1. The molecule has 2 rings (SSSR count). The number of rotatable bonds is 4. The molecule has 0 amide bonds. The van der Waals surface area contributed by atoms with Crippen LogP contribution >= 0.6 is 24.0 Å². The third kappa shape index (κ3) is 5.88. The van der Waals surface area contributed by atoms with Gasteiger partial charge in [-0.05, 0) is 37.0 Å². The van der Waals surface area contributed by atoms with Gasteiger partial charge in [0.2, 0.25) is 0 Å². The third-order valence-corrected chi connectivity index (χ3v) is 4.15. The van der Waals surface area contributed by atoms with E-state index in [1.54, 1.807) is 0 Å². The molecule has 0 aromatic rings. The maximum Gasteiger partial charge on any atom is 0.193 e. The van der Waals surface area contributed by atoms with E-state index in [4.69, 9.17) is 0 Å². The van der Waals surface area contributed by atoms with E-state index in [1.807, 2.05) is 7.05 Å². The minimum absolute atomic E-state index is 0. The van der Waals surface area contributed by atoms with Crippen LogP contribution in [-0.4, -0.2) is 37.5 Å². The van der Waals surface area contributed by atoms with Crippen molar-refractivity contribution < 1.29 is 0 Å². The Morgan fingerprint density at radius 1 is 1.21 bits per heavy atom. The van der Waals surface area contributed by atoms with Crippen LogP contribution in [0.25, 0.3) is 0 Å². The van der Waals surface area contributed by atoms with E-state index in [0.29, 0.717) is 0 Å². The van der Waals surface area contributed by atoms with Crippen LogP contribution in [0.4, 0.5) is 0 Å². The van der Waals surface area contributed by atoms with Gasteiger partial charge in [0, 0.05) is 26.7 Å². The van der Waals surface area contributed by atoms with Gasteiger partial charge in [-0.3, -0.25) is 4.99 Å². The van der Waals surface area contributed by atoms with Crippen LogP contribution in [0.15, 0.2) is 4.99 Å². The molecule has 4 heteroatoms. The molecule has 0 spiro atoms. The fourth-order valence-electron chi connectivity index (χ4n) is 3.17. The molecule has 0 radical (unpaired) electrons. The maximum atomic E-state index is 4.44. The number of guanidine groups is 1. The quantitative estimate of drug-likeness (QED) is 0.351. The zero-order valence-electron chi connectivity index (χ0n) is 12.7. The highest BCUT2D eigenvalue weighted by Gasteiger charge is 2.24. The number of piperidine rings is 1. The van der Waals surface area contributed by atoms with Gasteiger partial charge in [0.1, 0.15) is 0 Å². The summed E-state index contributed by atoms with van der Waals surface area (Å²) < 4.78 is 0. The summed E-state index contributed by atoms with van der Waals surface area (Å²) in [7, 11) is 1.91. The van der Waals surface area contributed by atoms with Gasteiger partial charge in [0.05, 0.1) is 0 Å². The smallest absolute Gasteiger partial charge is 0.193 e. The molecule has 1 aliphatic carbocycles. The van der Waals surface area contributed by atoms with E-state index >= 15 is 0 Å². The number of nitrogens with zero attached hydrogens (tertiary/aromatic N) is 2. The van der Waals surface area contributed by atoms with E-state index in [0.717, 1.165) is 43.3 Å². The highest BCUT2D eigenvalue weighted by molar-refractivity contribution is 14.0. The van der Waals surface area contributed by atoms with Crippen molar-refractivity contribution in [1.29, 1.82) is 0 Å². The first-order chi connectivity index (χ1) is 8.69. The lowest BCUT2D eigenvalue weighted by atomic mass is 9.92. The molecule has 1 N–H and O–H groups in total. The largest absolute Gasteiger partial charge is 0.356 e. The van der Waals surface area contributed by atoms with Crippen LogP contribution < -0.4 is 5.32 Å². The summed E-state index contributed by atoms with van der Waals surface area (Å²) >= 11 is 0.